The molecular formula is C15H20N2O3. The Hall–Kier alpha value is -2.01. The fraction of sp³-hybridized carbons (Fsp3) is 0.400. The van der Waals surface area contributed by atoms with Gasteiger partial charge in [0.15, 0.2) is 0 Å². The zero-order valence-electron chi connectivity index (χ0n) is 12.0. The van der Waals surface area contributed by atoms with Crippen LogP contribution in [-0.4, -0.2) is 28.9 Å². The molecule has 5 nitrogen and oxygen atoms in total. The SMILES string of the molecule is CCn1ccnc1CC(O)c1cc(OC)ccc1OC. The maximum Gasteiger partial charge on any atom is 0.124 e. The number of imidazole rings is 1. The van der Waals surface area contributed by atoms with Gasteiger partial charge in [0.25, 0.3) is 0 Å². The third-order valence-electron chi connectivity index (χ3n) is 3.31. The van der Waals surface area contributed by atoms with E-state index in [0.29, 0.717) is 23.5 Å². The lowest BCUT2D eigenvalue weighted by molar-refractivity contribution is 0.170. The predicted octanol–water partition coefficient (Wildman–Crippen LogP) is 2.20. The molecule has 1 unspecified atom stereocenters. The van der Waals surface area contributed by atoms with E-state index in [-0.39, 0.29) is 0 Å². The van der Waals surface area contributed by atoms with Gasteiger partial charge < -0.3 is 19.1 Å². The van der Waals surface area contributed by atoms with Crippen molar-refractivity contribution in [3.8, 4) is 11.5 Å². The van der Waals surface area contributed by atoms with Crippen LogP contribution >= 0.6 is 0 Å². The first-order valence-electron chi connectivity index (χ1n) is 6.59. The van der Waals surface area contributed by atoms with E-state index >= 15 is 0 Å². The molecule has 0 bridgehead atoms. The van der Waals surface area contributed by atoms with Crippen LogP contribution in [0, 0.1) is 0 Å². The second-order valence-electron chi connectivity index (χ2n) is 4.46. The highest BCUT2D eigenvalue weighted by Gasteiger charge is 2.17. The molecule has 0 aliphatic heterocycles. The van der Waals surface area contributed by atoms with Crippen LogP contribution in [0.3, 0.4) is 0 Å². The number of aliphatic hydroxyl groups is 1. The number of methoxy groups -OCH3 is 2. The minimum atomic E-state index is -0.687. The number of aliphatic hydroxyl groups excluding tert-OH is 1. The van der Waals surface area contributed by atoms with Crippen molar-refractivity contribution in [2.45, 2.75) is 26.0 Å². The summed E-state index contributed by atoms with van der Waals surface area (Å²) in [7, 11) is 3.19. The van der Waals surface area contributed by atoms with Crippen LogP contribution in [0.2, 0.25) is 0 Å². The first kappa shape index (κ1) is 14.4. The molecule has 1 aromatic heterocycles. The number of hydrogen-bond acceptors (Lipinski definition) is 4. The van der Waals surface area contributed by atoms with Gasteiger partial charge in [-0.05, 0) is 25.1 Å². The first-order chi connectivity index (χ1) is 9.69. The normalized spacial score (nSPS) is 12.2. The maximum atomic E-state index is 10.5. The number of benzene rings is 1. The van der Waals surface area contributed by atoms with Crippen molar-refractivity contribution in [1.82, 2.24) is 9.55 Å². The smallest absolute Gasteiger partial charge is 0.124 e. The van der Waals surface area contributed by atoms with Crippen LogP contribution in [0.4, 0.5) is 0 Å². The molecule has 108 valence electrons. The summed E-state index contributed by atoms with van der Waals surface area (Å²) in [6.45, 7) is 2.88. The molecule has 0 radical (unpaired) electrons. The molecule has 5 heteroatoms. The largest absolute Gasteiger partial charge is 0.497 e. The number of aromatic nitrogens is 2. The maximum absolute atomic E-state index is 10.5. The summed E-state index contributed by atoms with van der Waals surface area (Å²) in [6.07, 6.45) is 3.40. The summed E-state index contributed by atoms with van der Waals surface area (Å²) >= 11 is 0. The third kappa shape index (κ3) is 2.93. The number of hydrogen-bond donors (Lipinski definition) is 1. The fourth-order valence-electron chi connectivity index (χ4n) is 2.20. The molecule has 1 aromatic carbocycles. The Morgan fingerprint density at radius 3 is 2.75 bits per heavy atom. The zero-order chi connectivity index (χ0) is 14.5. The van der Waals surface area contributed by atoms with Crippen LogP contribution in [0.25, 0.3) is 0 Å². The van der Waals surface area contributed by atoms with Crippen LogP contribution in [0.15, 0.2) is 30.6 Å². The van der Waals surface area contributed by atoms with E-state index in [1.165, 1.54) is 0 Å². The molecule has 2 rings (SSSR count). The van der Waals surface area contributed by atoms with Crippen molar-refractivity contribution >= 4 is 0 Å². The van der Waals surface area contributed by atoms with Crippen molar-refractivity contribution in [2.24, 2.45) is 0 Å². The van der Waals surface area contributed by atoms with Crippen LogP contribution in [0.5, 0.6) is 11.5 Å². The Labute approximate surface area is 118 Å². The lowest BCUT2D eigenvalue weighted by atomic mass is 10.0. The molecule has 0 spiro atoms. The van der Waals surface area contributed by atoms with E-state index in [9.17, 15) is 5.11 Å². The molecule has 1 heterocycles. The number of ether oxygens (including phenoxy) is 2. The first-order valence-corrected chi connectivity index (χ1v) is 6.59. The Balaban J connectivity index is 2.26. The molecule has 1 N–H and O–H groups in total. The Morgan fingerprint density at radius 2 is 2.10 bits per heavy atom. The van der Waals surface area contributed by atoms with E-state index in [2.05, 4.69) is 4.98 Å². The van der Waals surface area contributed by atoms with E-state index in [1.807, 2.05) is 23.8 Å². The van der Waals surface area contributed by atoms with Gasteiger partial charge in [0, 0.05) is 30.9 Å². The van der Waals surface area contributed by atoms with Gasteiger partial charge in [0.1, 0.15) is 17.3 Å². The minimum Gasteiger partial charge on any atom is -0.497 e. The van der Waals surface area contributed by atoms with Crippen molar-refractivity contribution in [3.05, 3.63) is 42.0 Å². The molecule has 0 aliphatic carbocycles. The highest BCUT2D eigenvalue weighted by Crippen LogP contribution is 2.30. The molecule has 0 saturated carbocycles. The van der Waals surface area contributed by atoms with Crippen molar-refractivity contribution in [1.29, 1.82) is 0 Å². The minimum absolute atomic E-state index is 0.435. The Bertz CT molecular complexity index is 566. The number of aryl methyl sites for hydroxylation is 1. The average Bonchev–Trinajstić information content (AvgIpc) is 2.93. The van der Waals surface area contributed by atoms with Gasteiger partial charge in [-0.1, -0.05) is 0 Å². The topological polar surface area (TPSA) is 56.5 Å². The number of nitrogens with zero attached hydrogens (tertiary/aromatic N) is 2. The summed E-state index contributed by atoms with van der Waals surface area (Å²) in [5.41, 5.74) is 0.706. The molecule has 2 aromatic rings. The molecular weight excluding hydrogens is 256 g/mol. The Kier molecular flexibility index (Phi) is 4.63. The third-order valence-corrected chi connectivity index (χ3v) is 3.31. The number of rotatable bonds is 6. The summed E-state index contributed by atoms with van der Waals surface area (Å²) < 4.78 is 12.5. The molecule has 1 atom stereocenters. The lowest BCUT2D eigenvalue weighted by Crippen LogP contribution is -2.09. The quantitative estimate of drug-likeness (QED) is 0.878. The van der Waals surface area contributed by atoms with Gasteiger partial charge in [-0.15, -0.1) is 0 Å². The van der Waals surface area contributed by atoms with E-state index in [1.54, 1.807) is 32.5 Å². The van der Waals surface area contributed by atoms with Gasteiger partial charge >= 0.3 is 0 Å². The predicted molar refractivity (Wildman–Crippen MR) is 76.1 cm³/mol. The van der Waals surface area contributed by atoms with Crippen LogP contribution < -0.4 is 9.47 Å². The summed E-state index contributed by atoms with van der Waals surface area (Å²) in [5, 5.41) is 10.5. The van der Waals surface area contributed by atoms with Crippen LogP contribution in [-0.2, 0) is 13.0 Å². The lowest BCUT2D eigenvalue weighted by Gasteiger charge is -2.16. The van der Waals surface area contributed by atoms with E-state index in [4.69, 9.17) is 9.47 Å². The highest BCUT2D eigenvalue weighted by atomic mass is 16.5. The van der Waals surface area contributed by atoms with E-state index in [0.717, 1.165) is 12.4 Å². The second kappa shape index (κ2) is 6.43. The summed E-state index contributed by atoms with van der Waals surface area (Å²) in [4.78, 5) is 4.28. The monoisotopic (exact) mass is 276 g/mol. The van der Waals surface area contributed by atoms with Crippen molar-refractivity contribution in [3.63, 3.8) is 0 Å². The van der Waals surface area contributed by atoms with Crippen LogP contribution in [0.1, 0.15) is 24.4 Å². The highest BCUT2D eigenvalue weighted by molar-refractivity contribution is 5.41. The second-order valence-corrected chi connectivity index (χ2v) is 4.46. The standard InChI is InChI=1S/C15H20N2O3/c1-4-17-8-7-16-15(17)10-13(18)12-9-11(19-2)5-6-14(12)20-3/h5-9,13,18H,4,10H2,1-3H3. The van der Waals surface area contributed by atoms with Gasteiger partial charge in [0.2, 0.25) is 0 Å². The van der Waals surface area contributed by atoms with Gasteiger partial charge in [-0.2, -0.15) is 0 Å². The summed E-state index contributed by atoms with van der Waals surface area (Å²) in [5.74, 6) is 2.19. The van der Waals surface area contributed by atoms with Gasteiger partial charge in [-0.3, -0.25) is 0 Å². The zero-order valence-corrected chi connectivity index (χ0v) is 12.0. The molecule has 0 saturated heterocycles. The summed E-state index contributed by atoms with van der Waals surface area (Å²) in [6, 6.07) is 5.40. The van der Waals surface area contributed by atoms with E-state index < -0.39 is 6.10 Å². The molecule has 20 heavy (non-hydrogen) atoms. The molecule has 0 fully saturated rings. The van der Waals surface area contributed by atoms with Crippen molar-refractivity contribution in [2.75, 3.05) is 14.2 Å². The molecule has 0 amide bonds. The molecule has 0 aliphatic rings. The van der Waals surface area contributed by atoms with Gasteiger partial charge in [-0.25, -0.2) is 4.98 Å². The van der Waals surface area contributed by atoms with Crippen molar-refractivity contribution < 1.29 is 14.6 Å². The van der Waals surface area contributed by atoms with Gasteiger partial charge in [0.05, 0.1) is 20.3 Å². The average molecular weight is 276 g/mol. The Morgan fingerprint density at radius 1 is 1.30 bits per heavy atom. The fourth-order valence-corrected chi connectivity index (χ4v) is 2.20.